The molecule has 0 bridgehead atoms. The first-order valence-corrected chi connectivity index (χ1v) is 10.2. The Hall–Kier alpha value is -3.22. The Morgan fingerprint density at radius 1 is 1.13 bits per heavy atom. The lowest BCUT2D eigenvalue weighted by molar-refractivity contribution is 0.0681. The number of furan rings is 1. The van der Waals surface area contributed by atoms with Gasteiger partial charge in [0.1, 0.15) is 11.5 Å². The normalized spacial score (nSPS) is 14.7. The number of benzene rings is 1. The Morgan fingerprint density at radius 2 is 1.87 bits per heavy atom. The lowest BCUT2D eigenvalue weighted by Crippen LogP contribution is -2.38. The maximum atomic E-state index is 12.9. The number of oxazole rings is 1. The van der Waals surface area contributed by atoms with Crippen LogP contribution < -0.4 is 9.47 Å². The first-order chi connectivity index (χ1) is 14.7. The Kier molecular flexibility index (Phi) is 6.07. The molecule has 30 heavy (non-hydrogen) atoms. The number of aryl methyl sites for hydroxylation is 1. The molecule has 2 aromatic heterocycles. The van der Waals surface area contributed by atoms with Crippen LogP contribution >= 0.6 is 0 Å². The van der Waals surface area contributed by atoms with E-state index in [0.717, 1.165) is 50.3 Å². The van der Waals surface area contributed by atoms with Crippen molar-refractivity contribution in [3.8, 4) is 23.0 Å². The fourth-order valence-electron chi connectivity index (χ4n) is 3.94. The van der Waals surface area contributed by atoms with Crippen molar-refractivity contribution in [1.29, 1.82) is 0 Å². The predicted octanol–water partition coefficient (Wildman–Crippen LogP) is 4.44. The van der Waals surface area contributed by atoms with Crippen LogP contribution in [0.15, 0.2) is 51.8 Å². The van der Waals surface area contributed by atoms with Gasteiger partial charge in [-0.15, -0.1) is 0 Å². The highest BCUT2D eigenvalue weighted by atomic mass is 16.5. The van der Waals surface area contributed by atoms with Crippen LogP contribution in [0.3, 0.4) is 0 Å². The summed E-state index contributed by atoms with van der Waals surface area (Å²) < 4.78 is 21.5. The zero-order valence-electron chi connectivity index (χ0n) is 17.3. The summed E-state index contributed by atoms with van der Waals surface area (Å²) in [5.41, 5.74) is 1.52. The zero-order valence-corrected chi connectivity index (χ0v) is 17.3. The third-order valence-corrected chi connectivity index (χ3v) is 5.67. The molecule has 7 heteroatoms. The molecular formula is C23H26N2O5. The fraction of sp³-hybridized carbons (Fsp3) is 0.391. The number of hydrogen-bond acceptors (Lipinski definition) is 6. The summed E-state index contributed by atoms with van der Waals surface area (Å²) in [6.45, 7) is 1.44. The van der Waals surface area contributed by atoms with E-state index in [2.05, 4.69) is 17.1 Å². The van der Waals surface area contributed by atoms with Gasteiger partial charge in [0.05, 0.1) is 20.5 Å². The second kappa shape index (κ2) is 9.07. The highest BCUT2D eigenvalue weighted by molar-refractivity contribution is 5.97. The number of rotatable bonds is 7. The Bertz CT molecular complexity index is 949. The van der Waals surface area contributed by atoms with Gasteiger partial charge in [0, 0.05) is 19.2 Å². The molecule has 1 aliphatic rings. The SMILES string of the molecule is COc1cc(CCC2CCN(C(=O)c3ncoc3-c3ccco3)CC2)cc(OC)c1. The van der Waals surface area contributed by atoms with Crippen LogP contribution in [0.5, 0.6) is 11.5 Å². The number of aromatic nitrogens is 1. The third kappa shape index (κ3) is 4.35. The number of ether oxygens (including phenoxy) is 2. The van der Waals surface area contributed by atoms with Gasteiger partial charge < -0.3 is 23.2 Å². The summed E-state index contributed by atoms with van der Waals surface area (Å²) in [5.74, 6) is 2.99. The molecule has 1 amide bonds. The van der Waals surface area contributed by atoms with Crippen molar-refractivity contribution in [1.82, 2.24) is 9.88 Å². The summed E-state index contributed by atoms with van der Waals surface area (Å²) in [4.78, 5) is 18.9. The number of hydrogen-bond donors (Lipinski definition) is 0. The maximum absolute atomic E-state index is 12.9. The molecule has 4 rings (SSSR count). The van der Waals surface area contributed by atoms with Crippen molar-refractivity contribution >= 4 is 5.91 Å². The van der Waals surface area contributed by atoms with Crippen molar-refractivity contribution in [2.75, 3.05) is 27.3 Å². The van der Waals surface area contributed by atoms with E-state index in [1.807, 2.05) is 11.0 Å². The number of methoxy groups -OCH3 is 2. The Morgan fingerprint density at radius 3 is 2.50 bits per heavy atom. The molecule has 0 unspecified atom stereocenters. The van der Waals surface area contributed by atoms with E-state index < -0.39 is 0 Å². The summed E-state index contributed by atoms with van der Waals surface area (Å²) >= 11 is 0. The number of amides is 1. The van der Waals surface area contributed by atoms with E-state index >= 15 is 0 Å². The summed E-state index contributed by atoms with van der Waals surface area (Å²) in [7, 11) is 3.33. The van der Waals surface area contributed by atoms with E-state index in [4.69, 9.17) is 18.3 Å². The molecule has 0 saturated carbocycles. The topological polar surface area (TPSA) is 77.9 Å². The molecule has 0 aliphatic carbocycles. The average molecular weight is 410 g/mol. The molecule has 3 heterocycles. The van der Waals surface area contributed by atoms with E-state index in [-0.39, 0.29) is 5.91 Å². The molecule has 3 aromatic rings. The van der Waals surface area contributed by atoms with Crippen molar-refractivity contribution in [3.05, 3.63) is 54.2 Å². The van der Waals surface area contributed by atoms with Gasteiger partial charge in [0.25, 0.3) is 5.91 Å². The zero-order chi connectivity index (χ0) is 20.9. The molecular weight excluding hydrogens is 384 g/mol. The minimum atomic E-state index is -0.105. The van der Waals surface area contributed by atoms with Crippen LogP contribution in [-0.2, 0) is 6.42 Å². The monoisotopic (exact) mass is 410 g/mol. The van der Waals surface area contributed by atoms with E-state index in [0.29, 0.717) is 23.1 Å². The minimum Gasteiger partial charge on any atom is -0.497 e. The summed E-state index contributed by atoms with van der Waals surface area (Å²) in [5, 5.41) is 0. The smallest absolute Gasteiger partial charge is 0.276 e. The maximum Gasteiger partial charge on any atom is 0.276 e. The molecule has 0 spiro atoms. The molecule has 0 atom stereocenters. The standard InChI is InChI=1S/C23H26N2O5/c1-27-18-12-17(13-19(14-18)28-2)6-5-16-7-9-25(10-8-16)23(26)21-22(30-15-24-21)20-4-3-11-29-20/h3-4,11-16H,5-10H2,1-2H3. The molecule has 1 fully saturated rings. The van der Waals surface area contributed by atoms with Crippen molar-refractivity contribution in [3.63, 3.8) is 0 Å². The Labute approximate surface area is 175 Å². The summed E-state index contributed by atoms with van der Waals surface area (Å²) in [6, 6.07) is 9.52. The second-order valence-corrected chi connectivity index (χ2v) is 7.50. The average Bonchev–Trinajstić information content (AvgIpc) is 3.49. The lowest BCUT2D eigenvalue weighted by atomic mass is 9.90. The molecule has 7 nitrogen and oxygen atoms in total. The van der Waals surface area contributed by atoms with Crippen LogP contribution in [0.1, 0.15) is 35.3 Å². The molecule has 0 radical (unpaired) electrons. The lowest BCUT2D eigenvalue weighted by Gasteiger charge is -2.31. The Balaban J connectivity index is 1.33. The van der Waals surface area contributed by atoms with Gasteiger partial charge in [-0.1, -0.05) is 0 Å². The van der Waals surface area contributed by atoms with Gasteiger partial charge in [0.15, 0.2) is 17.8 Å². The highest BCUT2D eigenvalue weighted by Crippen LogP contribution is 2.29. The van der Waals surface area contributed by atoms with Gasteiger partial charge in [-0.3, -0.25) is 4.79 Å². The first kappa shape index (κ1) is 20.1. The molecule has 1 aromatic carbocycles. The van der Waals surface area contributed by atoms with E-state index in [1.54, 1.807) is 32.6 Å². The molecule has 1 aliphatic heterocycles. The molecule has 1 saturated heterocycles. The first-order valence-electron chi connectivity index (χ1n) is 10.2. The number of carbonyl (C=O) groups excluding carboxylic acids is 1. The van der Waals surface area contributed by atoms with Gasteiger partial charge in [0.2, 0.25) is 5.76 Å². The quantitative estimate of drug-likeness (QED) is 0.573. The number of piperidine rings is 1. The van der Waals surface area contributed by atoms with Crippen molar-refractivity contribution < 1.29 is 23.1 Å². The number of carbonyl (C=O) groups is 1. The second-order valence-electron chi connectivity index (χ2n) is 7.50. The van der Waals surface area contributed by atoms with Crippen molar-refractivity contribution in [2.24, 2.45) is 5.92 Å². The van der Waals surface area contributed by atoms with Crippen LogP contribution in [0, 0.1) is 5.92 Å². The number of likely N-dealkylation sites (tertiary alicyclic amines) is 1. The van der Waals surface area contributed by atoms with Crippen LogP contribution in [0.2, 0.25) is 0 Å². The van der Waals surface area contributed by atoms with E-state index in [1.165, 1.54) is 12.0 Å². The molecule has 158 valence electrons. The van der Waals surface area contributed by atoms with Gasteiger partial charge in [-0.25, -0.2) is 4.98 Å². The van der Waals surface area contributed by atoms with Gasteiger partial charge in [-0.2, -0.15) is 0 Å². The highest BCUT2D eigenvalue weighted by Gasteiger charge is 2.28. The molecule has 0 N–H and O–H groups in total. The van der Waals surface area contributed by atoms with Crippen LogP contribution in [0.4, 0.5) is 0 Å². The summed E-state index contributed by atoms with van der Waals surface area (Å²) in [6.07, 6.45) is 6.81. The fourth-order valence-corrected chi connectivity index (χ4v) is 3.94. The van der Waals surface area contributed by atoms with Crippen LogP contribution in [0.25, 0.3) is 11.5 Å². The number of nitrogens with zero attached hydrogens (tertiary/aromatic N) is 2. The minimum absolute atomic E-state index is 0.105. The van der Waals surface area contributed by atoms with Gasteiger partial charge >= 0.3 is 0 Å². The largest absolute Gasteiger partial charge is 0.497 e. The van der Waals surface area contributed by atoms with Crippen LogP contribution in [-0.4, -0.2) is 43.1 Å². The van der Waals surface area contributed by atoms with Crippen molar-refractivity contribution in [2.45, 2.75) is 25.7 Å². The van der Waals surface area contributed by atoms with E-state index in [9.17, 15) is 4.79 Å². The van der Waals surface area contributed by atoms with Gasteiger partial charge in [-0.05, 0) is 61.4 Å². The predicted molar refractivity (Wildman–Crippen MR) is 111 cm³/mol. The third-order valence-electron chi connectivity index (χ3n) is 5.67.